The Morgan fingerprint density at radius 3 is 2.45 bits per heavy atom. The first kappa shape index (κ1) is 16.3. The number of methoxy groups -OCH3 is 1. The van der Waals surface area contributed by atoms with Gasteiger partial charge in [-0.05, 0) is 31.2 Å². The lowest BCUT2D eigenvalue weighted by Crippen LogP contribution is -2.57. The Balaban J connectivity index is 1.91. The molecule has 0 atom stereocenters. The van der Waals surface area contributed by atoms with Crippen LogP contribution in [0, 0.1) is 0 Å². The summed E-state index contributed by atoms with van der Waals surface area (Å²) < 4.78 is 10.4. The SMILES string of the molecule is COC1CCC(NC(=O)OCc2ccccc2)(C(=O)O)CC1. The van der Waals surface area contributed by atoms with Gasteiger partial charge >= 0.3 is 12.1 Å². The summed E-state index contributed by atoms with van der Waals surface area (Å²) in [5.41, 5.74) is -0.409. The lowest BCUT2D eigenvalue weighted by molar-refractivity contribution is -0.147. The third kappa shape index (κ3) is 3.98. The molecule has 2 N–H and O–H groups in total. The summed E-state index contributed by atoms with van der Waals surface area (Å²) in [4.78, 5) is 23.5. The molecule has 6 nitrogen and oxygen atoms in total. The van der Waals surface area contributed by atoms with Crippen LogP contribution in [0.2, 0.25) is 0 Å². The molecule has 0 radical (unpaired) electrons. The normalized spacial score (nSPS) is 24.5. The Labute approximate surface area is 129 Å². The lowest BCUT2D eigenvalue weighted by Gasteiger charge is -2.36. The van der Waals surface area contributed by atoms with E-state index < -0.39 is 17.6 Å². The number of rotatable bonds is 5. The number of hydrogen-bond acceptors (Lipinski definition) is 4. The number of aliphatic carboxylic acids is 1. The van der Waals surface area contributed by atoms with Crippen molar-refractivity contribution in [2.75, 3.05) is 7.11 Å². The number of carbonyl (C=O) groups excluding carboxylic acids is 1. The largest absolute Gasteiger partial charge is 0.480 e. The number of alkyl carbamates (subject to hydrolysis) is 1. The second-order valence-electron chi connectivity index (χ2n) is 5.51. The van der Waals surface area contributed by atoms with Crippen LogP contribution in [0.3, 0.4) is 0 Å². The molecule has 1 fully saturated rings. The van der Waals surface area contributed by atoms with Crippen molar-refractivity contribution in [1.29, 1.82) is 0 Å². The van der Waals surface area contributed by atoms with E-state index in [-0.39, 0.29) is 12.7 Å². The predicted octanol–water partition coefficient (Wildman–Crippen LogP) is 2.33. The maximum Gasteiger partial charge on any atom is 0.408 e. The van der Waals surface area contributed by atoms with E-state index in [1.165, 1.54) is 0 Å². The van der Waals surface area contributed by atoms with Crippen LogP contribution in [0.15, 0.2) is 30.3 Å². The minimum atomic E-state index is -1.26. The van der Waals surface area contributed by atoms with Crippen LogP contribution < -0.4 is 5.32 Å². The highest BCUT2D eigenvalue weighted by Crippen LogP contribution is 2.30. The molecule has 0 saturated heterocycles. The fourth-order valence-corrected chi connectivity index (χ4v) is 2.67. The van der Waals surface area contributed by atoms with E-state index in [0.29, 0.717) is 25.7 Å². The van der Waals surface area contributed by atoms with Gasteiger partial charge in [-0.25, -0.2) is 9.59 Å². The zero-order chi connectivity index (χ0) is 16.0. The van der Waals surface area contributed by atoms with Gasteiger partial charge in [-0.3, -0.25) is 0 Å². The van der Waals surface area contributed by atoms with Gasteiger partial charge in [-0.2, -0.15) is 0 Å². The molecule has 1 aromatic carbocycles. The minimum absolute atomic E-state index is 0.0506. The van der Waals surface area contributed by atoms with Crippen molar-refractivity contribution < 1.29 is 24.2 Å². The number of hydrogen-bond donors (Lipinski definition) is 2. The Hall–Kier alpha value is -2.08. The van der Waals surface area contributed by atoms with Crippen molar-refractivity contribution in [1.82, 2.24) is 5.32 Å². The van der Waals surface area contributed by atoms with Gasteiger partial charge in [0.25, 0.3) is 0 Å². The molecule has 1 amide bonds. The first-order chi connectivity index (χ1) is 10.6. The van der Waals surface area contributed by atoms with Crippen molar-refractivity contribution in [3.8, 4) is 0 Å². The molecule has 0 spiro atoms. The van der Waals surface area contributed by atoms with Crippen molar-refractivity contribution in [2.24, 2.45) is 0 Å². The van der Waals surface area contributed by atoms with Crippen LogP contribution in [-0.4, -0.2) is 35.9 Å². The van der Waals surface area contributed by atoms with E-state index >= 15 is 0 Å². The number of carboxylic acid groups (broad SMARTS) is 1. The summed E-state index contributed by atoms with van der Waals surface area (Å²) >= 11 is 0. The van der Waals surface area contributed by atoms with Crippen LogP contribution in [0.4, 0.5) is 4.79 Å². The molecule has 1 aliphatic rings. The van der Waals surface area contributed by atoms with Crippen LogP contribution in [0.25, 0.3) is 0 Å². The van der Waals surface area contributed by atoms with Gasteiger partial charge in [-0.1, -0.05) is 30.3 Å². The molecule has 6 heteroatoms. The highest BCUT2D eigenvalue weighted by atomic mass is 16.5. The topological polar surface area (TPSA) is 84.9 Å². The number of nitrogens with one attached hydrogen (secondary N) is 1. The zero-order valence-electron chi connectivity index (χ0n) is 12.6. The second kappa shape index (κ2) is 7.26. The molecule has 0 heterocycles. The average Bonchev–Trinajstić information content (AvgIpc) is 2.54. The molecule has 2 rings (SSSR count). The molecule has 1 aliphatic carbocycles. The first-order valence-electron chi connectivity index (χ1n) is 7.31. The summed E-state index contributed by atoms with van der Waals surface area (Å²) in [6, 6.07) is 9.24. The molecule has 0 bridgehead atoms. The van der Waals surface area contributed by atoms with Crippen LogP contribution >= 0.6 is 0 Å². The Morgan fingerprint density at radius 1 is 1.27 bits per heavy atom. The third-order valence-corrected chi connectivity index (χ3v) is 4.08. The second-order valence-corrected chi connectivity index (χ2v) is 5.51. The van der Waals surface area contributed by atoms with Crippen LogP contribution in [-0.2, 0) is 20.9 Å². The molecular weight excluding hydrogens is 286 g/mol. The van der Waals surface area contributed by atoms with Crippen molar-refractivity contribution >= 4 is 12.1 Å². The monoisotopic (exact) mass is 307 g/mol. The fourth-order valence-electron chi connectivity index (χ4n) is 2.67. The Bertz CT molecular complexity index is 509. The molecule has 0 aliphatic heterocycles. The summed E-state index contributed by atoms with van der Waals surface area (Å²) in [7, 11) is 1.61. The van der Waals surface area contributed by atoms with Gasteiger partial charge in [0, 0.05) is 7.11 Å². The van der Waals surface area contributed by atoms with E-state index in [4.69, 9.17) is 9.47 Å². The summed E-state index contributed by atoms with van der Waals surface area (Å²) in [6.07, 6.45) is 1.21. The van der Waals surface area contributed by atoms with Gasteiger partial charge in [0.15, 0.2) is 0 Å². The molecule has 0 aromatic heterocycles. The number of ether oxygens (including phenoxy) is 2. The molecule has 0 unspecified atom stereocenters. The number of carbonyl (C=O) groups is 2. The molecule has 22 heavy (non-hydrogen) atoms. The van der Waals surface area contributed by atoms with Crippen molar-refractivity contribution in [3.63, 3.8) is 0 Å². The highest BCUT2D eigenvalue weighted by Gasteiger charge is 2.43. The summed E-state index contributed by atoms with van der Waals surface area (Å²) in [6.45, 7) is 0.114. The minimum Gasteiger partial charge on any atom is -0.480 e. The first-order valence-corrected chi connectivity index (χ1v) is 7.31. The van der Waals surface area contributed by atoms with E-state index in [2.05, 4.69) is 5.32 Å². The average molecular weight is 307 g/mol. The Morgan fingerprint density at radius 2 is 1.91 bits per heavy atom. The van der Waals surface area contributed by atoms with Gasteiger partial charge in [0.05, 0.1) is 6.10 Å². The number of carboxylic acids is 1. The van der Waals surface area contributed by atoms with Crippen LogP contribution in [0.5, 0.6) is 0 Å². The summed E-state index contributed by atoms with van der Waals surface area (Å²) in [5, 5.41) is 12.0. The van der Waals surface area contributed by atoms with Crippen molar-refractivity contribution in [3.05, 3.63) is 35.9 Å². The smallest absolute Gasteiger partial charge is 0.408 e. The van der Waals surface area contributed by atoms with E-state index in [9.17, 15) is 14.7 Å². The quantitative estimate of drug-likeness (QED) is 0.872. The third-order valence-electron chi connectivity index (χ3n) is 4.08. The zero-order valence-corrected chi connectivity index (χ0v) is 12.6. The molecular formula is C16H21NO5. The maximum absolute atomic E-state index is 11.9. The van der Waals surface area contributed by atoms with E-state index in [1.807, 2.05) is 30.3 Å². The van der Waals surface area contributed by atoms with Gasteiger partial charge in [0.2, 0.25) is 0 Å². The van der Waals surface area contributed by atoms with Gasteiger partial charge < -0.3 is 19.9 Å². The number of benzene rings is 1. The van der Waals surface area contributed by atoms with E-state index in [0.717, 1.165) is 5.56 Å². The summed E-state index contributed by atoms with van der Waals surface area (Å²) in [5.74, 6) is -1.03. The highest BCUT2D eigenvalue weighted by molar-refractivity contribution is 5.84. The molecule has 1 saturated carbocycles. The Kier molecular flexibility index (Phi) is 5.38. The van der Waals surface area contributed by atoms with E-state index in [1.54, 1.807) is 7.11 Å². The van der Waals surface area contributed by atoms with Crippen molar-refractivity contribution in [2.45, 2.75) is 43.9 Å². The predicted molar refractivity (Wildman–Crippen MR) is 79.4 cm³/mol. The van der Waals surface area contributed by atoms with Gasteiger partial charge in [-0.15, -0.1) is 0 Å². The fraction of sp³-hybridized carbons (Fsp3) is 0.500. The number of amides is 1. The van der Waals surface area contributed by atoms with Crippen LogP contribution in [0.1, 0.15) is 31.2 Å². The lowest BCUT2D eigenvalue weighted by atomic mass is 9.80. The molecule has 120 valence electrons. The molecule has 1 aromatic rings. The van der Waals surface area contributed by atoms with Gasteiger partial charge in [0.1, 0.15) is 12.1 Å². The standard InChI is InChI=1S/C16H21NO5/c1-21-13-7-9-16(10-8-13,14(18)19)17-15(20)22-11-12-5-3-2-4-6-12/h2-6,13H,7-11H2,1H3,(H,17,20)(H,18,19). The maximum atomic E-state index is 11.9.